The Bertz CT molecular complexity index is 438. The van der Waals surface area contributed by atoms with Crippen LogP contribution in [0.2, 0.25) is 0 Å². The highest BCUT2D eigenvalue weighted by atomic mass is 15.2. The van der Waals surface area contributed by atoms with E-state index in [0.717, 1.165) is 31.3 Å². The predicted molar refractivity (Wildman–Crippen MR) is 80.4 cm³/mol. The number of hydrogen-bond donors (Lipinski definition) is 2. The van der Waals surface area contributed by atoms with Crippen molar-refractivity contribution in [3.63, 3.8) is 0 Å². The van der Waals surface area contributed by atoms with Crippen molar-refractivity contribution in [3.8, 4) is 0 Å². The summed E-state index contributed by atoms with van der Waals surface area (Å²) >= 11 is 0. The number of nitrogens with two attached hydrogens (primary N) is 1. The zero-order chi connectivity index (χ0) is 14.0. The van der Waals surface area contributed by atoms with Gasteiger partial charge in [0, 0.05) is 25.7 Å². The zero-order valence-corrected chi connectivity index (χ0v) is 12.4. The molecule has 1 aromatic rings. The second kappa shape index (κ2) is 5.23. The van der Waals surface area contributed by atoms with Crippen molar-refractivity contribution in [2.75, 3.05) is 35.6 Å². The van der Waals surface area contributed by atoms with E-state index >= 15 is 0 Å². The number of nitrogens with zero attached hydrogens (tertiary/aromatic N) is 3. The van der Waals surface area contributed by atoms with Crippen LogP contribution in [-0.4, -0.2) is 29.6 Å². The highest BCUT2D eigenvalue weighted by Gasteiger charge is 2.32. The van der Waals surface area contributed by atoms with Crippen LogP contribution in [0.1, 0.15) is 34.1 Å². The van der Waals surface area contributed by atoms with Crippen molar-refractivity contribution in [1.82, 2.24) is 9.97 Å². The Morgan fingerprint density at radius 2 is 2.16 bits per heavy atom. The first kappa shape index (κ1) is 13.9. The van der Waals surface area contributed by atoms with Gasteiger partial charge in [0.05, 0.1) is 0 Å². The minimum Gasteiger partial charge on any atom is -0.370 e. The van der Waals surface area contributed by atoms with Crippen molar-refractivity contribution in [2.45, 2.75) is 34.1 Å². The fourth-order valence-corrected chi connectivity index (χ4v) is 2.56. The second-order valence-corrected chi connectivity index (χ2v) is 6.30. The lowest BCUT2D eigenvalue weighted by atomic mass is 9.80. The number of anilines is 3. The minimum absolute atomic E-state index is 0.340. The van der Waals surface area contributed by atoms with Crippen molar-refractivity contribution >= 4 is 17.6 Å². The first-order valence-corrected chi connectivity index (χ1v) is 7.03. The van der Waals surface area contributed by atoms with Gasteiger partial charge in [-0.2, -0.15) is 9.97 Å². The van der Waals surface area contributed by atoms with E-state index in [1.54, 1.807) is 0 Å². The van der Waals surface area contributed by atoms with Crippen molar-refractivity contribution < 1.29 is 0 Å². The molecule has 1 fully saturated rings. The topological polar surface area (TPSA) is 67.1 Å². The Kier molecular flexibility index (Phi) is 3.83. The Hall–Kier alpha value is -1.52. The largest absolute Gasteiger partial charge is 0.370 e. The Balaban J connectivity index is 2.15. The van der Waals surface area contributed by atoms with Gasteiger partial charge in [-0.3, -0.25) is 0 Å². The molecule has 5 nitrogen and oxygen atoms in total. The molecule has 106 valence electrons. The van der Waals surface area contributed by atoms with Crippen LogP contribution in [0.25, 0.3) is 0 Å². The number of hydrogen-bond acceptors (Lipinski definition) is 5. The van der Waals surface area contributed by atoms with Crippen LogP contribution in [-0.2, 0) is 0 Å². The van der Waals surface area contributed by atoms with Gasteiger partial charge < -0.3 is 16.0 Å². The number of nitrogens with one attached hydrogen (secondary N) is 1. The van der Waals surface area contributed by atoms with Gasteiger partial charge in [-0.15, -0.1) is 0 Å². The SMILES string of the molecule is CCNc1cc(N2CCC(C(C)(C)C)C2)nc(N)n1. The van der Waals surface area contributed by atoms with Crippen molar-refractivity contribution in [2.24, 2.45) is 11.3 Å². The Morgan fingerprint density at radius 1 is 1.42 bits per heavy atom. The molecule has 1 saturated heterocycles. The normalized spacial score (nSPS) is 19.8. The lowest BCUT2D eigenvalue weighted by Gasteiger charge is -2.27. The highest BCUT2D eigenvalue weighted by molar-refractivity contribution is 5.53. The summed E-state index contributed by atoms with van der Waals surface area (Å²) < 4.78 is 0. The van der Waals surface area contributed by atoms with Crippen LogP contribution in [0.5, 0.6) is 0 Å². The molecule has 0 aliphatic carbocycles. The maximum absolute atomic E-state index is 5.79. The maximum Gasteiger partial charge on any atom is 0.223 e. The lowest BCUT2D eigenvalue weighted by Crippen LogP contribution is -2.26. The monoisotopic (exact) mass is 263 g/mol. The summed E-state index contributed by atoms with van der Waals surface area (Å²) in [5, 5.41) is 3.20. The Labute approximate surface area is 115 Å². The number of rotatable bonds is 3. The molecule has 0 radical (unpaired) electrons. The summed E-state index contributed by atoms with van der Waals surface area (Å²) in [6.07, 6.45) is 1.21. The number of nitrogen functional groups attached to an aromatic ring is 1. The van der Waals surface area contributed by atoms with Crippen molar-refractivity contribution in [3.05, 3.63) is 6.07 Å². The fraction of sp³-hybridized carbons (Fsp3) is 0.714. The summed E-state index contributed by atoms with van der Waals surface area (Å²) in [4.78, 5) is 10.9. The summed E-state index contributed by atoms with van der Waals surface area (Å²) in [6, 6.07) is 1.99. The molecule has 2 rings (SSSR count). The van der Waals surface area contributed by atoms with Gasteiger partial charge in [-0.05, 0) is 24.7 Å². The van der Waals surface area contributed by atoms with Gasteiger partial charge in [0.1, 0.15) is 11.6 Å². The minimum atomic E-state index is 0.340. The zero-order valence-electron chi connectivity index (χ0n) is 12.4. The van der Waals surface area contributed by atoms with E-state index in [0.29, 0.717) is 17.3 Å². The molecule has 1 atom stereocenters. The number of aromatic nitrogens is 2. The Morgan fingerprint density at radius 3 is 2.74 bits per heavy atom. The standard InChI is InChI=1S/C14H25N5/c1-5-16-11-8-12(18-13(15)17-11)19-7-6-10(9-19)14(2,3)4/h8,10H,5-7,9H2,1-4H3,(H3,15,16,17,18). The molecule has 3 N–H and O–H groups in total. The smallest absolute Gasteiger partial charge is 0.223 e. The summed E-state index contributed by atoms with van der Waals surface area (Å²) in [5.41, 5.74) is 6.13. The molecular formula is C14H25N5. The van der Waals surface area contributed by atoms with Gasteiger partial charge in [0.15, 0.2) is 0 Å². The van der Waals surface area contributed by atoms with Gasteiger partial charge in [0.2, 0.25) is 5.95 Å². The summed E-state index contributed by atoms with van der Waals surface area (Å²) in [5.74, 6) is 2.79. The molecule has 0 spiro atoms. The van der Waals surface area contributed by atoms with Crippen molar-refractivity contribution in [1.29, 1.82) is 0 Å². The third-order valence-electron chi connectivity index (χ3n) is 3.82. The third-order valence-corrected chi connectivity index (χ3v) is 3.82. The van der Waals surface area contributed by atoms with E-state index in [2.05, 4.69) is 41.0 Å². The maximum atomic E-state index is 5.79. The second-order valence-electron chi connectivity index (χ2n) is 6.30. The first-order chi connectivity index (χ1) is 8.90. The molecule has 1 aromatic heterocycles. The van der Waals surface area contributed by atoms with E-state index < -0.39 is 0 Å². The lowest BCUT2D eigenvalue weighted by molar-refractivity contribution is 0.263. The van der Waals surface area contributed by atoms with Gasteiger partial charge in [-0.25, -0.2) is 0 Å². The van der Waals surface area contributed by atoms with Crippen LogP contribution in [0.3, 0.4) is 0 Å². The van der Waals surface area contributed by atoms with E-state index in [9.17, 15) is 0 Å². The first-order valence-electron chi connectivity index (χ1n) is 7.03. The van der Waals surface area contributed by atoms with Crippen LogP contribution < -0.4 is 16.0 Å². The van der Waals surface area contributed by atoms with E-state index in [-0.39, 0.29) is 0 Å². The van der Waals surface area contributed by atoms with E-state index in [1.165, 1.54) is 6.42 Å². The van der Waals surface area contributed by atoms with Gasteiger partial charge in [0.25, 0.3) is 0 Å². The van der Waals surface area contributed by atoms with E-state index in [4.69, 9.17) is 5.73 Å². The van der Waals surface area contributed by atoms with Gasteiger partial charge >= 0.3 is 0 Å². The van der Waals surface area contributed by atoms with Crippen LogP contribution >= 0.6 is 0 Å². The molecule has 5 heteroatoms. The van der Waals surface area contributed by atoms with Crippen LogP contribution in [0.4, 0.5) is 17.6 Å². The molecule has 19 heavy (non-hydrogen) atoms. The molecule has 0 amide bonds. The third kappa shape index (κ3) is 3.28. The molecule has 2 heterocycles. The van der Waals surface area contributed by atoms with Crippen LogP contribution in [0, 0.1) is 11.3 Å². The van der Waals surface area contributed by atoms with E-state index in [1.807, 2.05) is 13.0 Å². The molecule has 1 aliphatic heterocycles. The summed E-state index contributed by atoms with van der Waals surface area (Å²) in [7, 11) is 0. The average molecular weight is 263 g/mol. The quantitative estimate of drug-likeness (QED) is 0.876. The predicted octanol–water partition coefficient (Wildman–Crippen LogP) is 2.36. The molecule has 1 aliphatic rings. The molecule has 0 bridgehead atoms. The molecule has 1 unspecified atom stereocenters. The highest BCUT2D eigenvalue weighted by Crippen LogP contribution is 2.35. The average Bonchev–Trinajstić information content (AvgIpc) is 2.77. The summed E-state index contributed by atoms with van der Waals surface area (Å²) in [6.45, 7) is 11.9. The molecule has 0 saturated carbocycles. The van der Waals surface area contributed by atoms with Crippen LogP contribution in [0.15, 0.2) is 6.07 Å². The molecule has 0 aromatic carbocycles. The van der Waals surface area contributed by atoms with Gasteiger partial charge in [-0.1, -0.05) is 20.8 Å². The molecular weight excluding hydrogens is 238 g/mol. The fourth-order valence-electron chi connectivity index (χ4n) is 2.56.